The second kappa shape index (κ2) is 24.8. The van der Waals surface area contributed by atoms with E-state index in [1.54, 1.807) is 30.9 Å². The molecule has 1 saturated carbocycles. The lowest BCUT2D eigenvalue weighted by Crippen LogP contribution is -2.69. The zero-order chi connectivity index (χ0) is 52.9. The van der Waals surface area contributed by atoms with Crippen LogP contribution in [-0.2, 0) is 33.3 Å². The zero-order valence-corrected chi connectivity index (χ0v) is 44.2. The Labute approximate surface area is 444 Å². The molecule has 26 heteroatoms. The molecule has 2 fully saturated rings. The van der Waals surface area contributed by atoms with Crippen molar-refractivity contribution in [3.63, 3.8) is 0 Å². The number of nitrogens with two attached hydrogens (primary N) is 2. The van der Waals surface area contributed by atoms with Crippen molar-refractivity contribution in [3.8, 4) is 11.8 Å². The average molecular weight is 1110 g/mol. The Hall–Kier alpha value is -3.66. The number of aliphatic carboxylic acids is 1. The highest BCUT2D eigenvalue weighted by Gasteiger charge is 2.58. The lowest BCUT2D eigenvalue weighted by molar-refractivity contribution is -0.413. The van der Waals surface area contributed by atoms with E-state index in [2.05, 4.69) is 32.5 Å². The van der Waals surface area contributed by atoms with Crippen LogP contribution in [0.3, 0.4) is 0 Å². The summed E-state index contributed by atoms with van der Waals surface area (Å²) in [5, 5.41) is 92.8. The van der Waals surface area contributed by atoms with E-state index in [-0.39, 0.29) is 84.9 Å². The highest BCUT2D eigenvalue weighted by molar-refractivity contribution is 8.79. The highest BCUT2D eigenvalue weighted by Crippen LogP contribution is 2.54. The van der Waals surface area contributed by atoms with Crippen molar-refractivity contribution in [2.75, 3.05) is 57.6 Å². The molecule has 8 rings (SSSR count). The molecule has 7 heterocycles. The number of allylic oxidation sites excluding steroid dienone is 1. The Bertz CT molecular complexity index is 2360. The first-order valence-electron chi connectivity index (χ1n) is 24.7. The molecule has 0 radical (unpaired) electrons. The van der Waals surface area contributed by atoms with Crippen LogP contribution in [0, 0.1) is 35.5 Å². The SMILES string of the molecule is CC(C)OC1C(OC2OC=C3C(=O)OC4CCC(CO)C4CSSC4C(CO)N5C=C(C(=O)O)C(NC(N)=NCCCO)=C(C=C6C#CC4(CC4CCN=C(N)N4)SSCC=CC2C63)C5)OC(CO)C(O)C1(O)O. The van der Waals surface area contributed by atoms with Gasteiger partial charge in [0.25, 0.3) is 0 Å². The van der Waals surface area contributed by atoms with Crippen molar-refractivity contribution in [2.24, 2.45) is 45.1 Å². The van der Waals surface area contributed by atoms with Gasteiger partial charge in [0, 0.05) is 74.0 Å². The fourth-order valence-electron chi connectivity index (χ4n) is 10.6. The molecule has 8 aliphatic rings. The van der Waals surface area contributed by atoms with Gasteiger partial charge >= 0.3 is 11.9 Å². The van der Waals surface area contributed by atoms with Gasteiger partial charge in [0.1, 0.15) is 23.1 Å². The maximum atomic E-state index is 15.1. The lowest BCUT2D eigenvalue weighted by atomic mass is 9.76. The quantitative estimate of drug-likeness (QED) is 0.0154. The lowest BCUT2D eigenvalue weighted by Gasteiger charge is -2.48. The molecule has 14 N–H and O–H groups in total. The molecule has 0 aromatic heterocycles. The van der Waals surface area contributed by atoms with E-state index in [1.165, 1.54) is 55.6 Å². The fraction of sp³-hybridized carbons (Fsp3) is 0.667. The van der Waals surface area contributed by atoms with E-state index in [1.807, 2.05) is 6.08 Å². The number of aliphatic hydroxyl groups is 7. The number of nitrogens with one attached hydrogen (secondary N) is 2. The number of hydrogen-bond acceptors (Lipinski definition) is 23. The number of carbonyl (C=O) groups excluding carboxylic acids is 1. The van der Waals surface area contributed by atoms with Gasteiger partial charge in [-0.3, -0.25) is 9.98 Å². The smallest absolute Gasteiger partial charge is 0.339 e. The number of hydrogen-bond donors (Lipinski definition) is 12. The Balaban J connectivity index is 1.40. The number of carboxylic acids is 1. The first kappa shape index (κ1) is 56.5. The van der Waals surface area contributed by atoms with Crippen LogP contribution in [0.4, 0.5) is 0 Å². The summed E-state index contributed by atoms with van der Waals surface area (Å²) in [6, 6.07) is -1.02. The molecular formula is C48H67N7O15S4. The van der Waals surface area contributed by atoms with Crippen molar-refractivity contribution in [3.05, 3.63) is 58.7 Å². The van der Waals surface area contributed by atoms with Gasteiger partial charge in [-0.15, -0.1) is 0 Å². The maximum Gasteiger partial charge on any atom is 0.339 e. The molecule has 0 amide bonds. The molecule has 6 bridgehead atoms. The number of carbonyl (C=O) groups is 2. The Kier molecular flexibility index (Phi) is 18.9. The van der Waals surface area contributed by atoms with E-state index in [4.69, 9.17) is 35.2 Å². The zero-order valence-electron chi connectivity index (χ0n) is 40.9. The third-order valence-corrected chi connectivity index (χ3v) is 20.4. The first-order valence-corrected chi connectivity index (χ1v) is 29.4. The van der Waals surface area contributed by atoms with Crippen LogP contribution in [-0.4, -0.2) is 198 Å². The number of fused-ring (bicyclic) bond motifs is 3. The van der Waals surface area contributed by atoms with Crippen LogP contribution in [0.5, 0.6) is 0 Å². The number of aliphatic hydroxyl groups excluding tert-OH is 5. The minimum absolute atomic E-state index is 0.00906. The minimum Gasteiger partial charge on any atom is -0.478 e. The Morgan fingerprint density at radius 1 is 1.14 bits per heavy atom. The predicted octanol–water partition coefficient (Wildman–Crippen LogP) is -0.392. The summed E-state index contributed by atoms with van der Waals surface area (Å²) in [4.78, 5) is 39.3. The monoisotopic (exact) mass is 1110 g/mol. The molecule has 1 saturated heterocycles. The molecule has 74 heavy (non-hydrogen) atoms. The molecule has 0 spiro atoms. The van der Waals surface area contributed by atoms with E-state index in [0.29, 0.717) is 49.3 Å². The number of guanidine groups is 2. The standard InChI is InChI=1S/C48H67N7O15S4/c1-24(2)67-39-44(69-35(21-59)38(60)48(39,64)65)70-43-29-5-3-14-71-74-47(16-28-9-12-52-45(49)53-28)10-8-25-15-27-17-55(18-30(41(61)62)37(27)54-46(50)51-11-4-13-56)33(20-58)40(47)73-72-23-32-26(19-57)6-7-34(32)68-42(63)31(22-66-43)36(25)29/h3,5,15,18,22,24,26,28-29,32-36,38-40,43-44,56-60,64-65H,4,6-7,9,11-14,16-17,19-21,23H2,1-2H3,(H,61,62)(H3,49,52,53)(H3,50,51,54). The summed E-state index contributed by atoms with van der Waals surface area (Å²) >= 11 is 0. The van der Waals surface area contributed by atoms with E-state index in [9.17, 15) is 45.6 Å². The van der Waals surface area contributed by atoms with Gasteiger partial charge in [-0.05, 0) is 63.5 Å². The fourth-order valence-corrected chi connectivity index (χ4v) is 17.6. The number of ether oxygens (including phenoxy) is 5. The molecule has 14 unspecified atom stereocenters. The van der Waals surface area contributed by atoms with Crippen LogP contribution >= 0.6 is 43.2 Å². The third-order valence-electron chi connectivity index (χ3n) is 14.3. The molecule has 0 aromatic rings. The Morgan fingerprint density at radius 3 is 2.66 bits per heavy atom. The summed E-state index contributed by atoms with van der Waals surface area (Å²) in [7, 11) is 6.04. The second-order valence-electron chi connectivity index (χ2n) is 19.5. The van der Waals surface area contributed by atoms with Gasteiger partial charge < -0.3 is 91.5 Å². The van der Waals surface area contributed by atoms with Crippen LogP contribution in [0.1, 0.15) is 46.0 Å². The van der Waals surface area contributed by atoms with Gasteiger partial charge in [0.2, 0.25) is 12.1 Å². The van der Waals surface area contributed by atoms with Crippen LogP contribution < -0.4 is 22.1 Å². The van der Waals surface area contributed by atoms with Gasteiger partial charge in [-0.1, -0.05) is 67.2 Å². The third kappa shape index (κ3) is 12.2. The Morgan fingerprint density at radius 2 is 1.95 bits per heavy atom. The van der Waals surface area contributed by atoms with Crippen molar-refractivity contribution < 1.29 is 74.1 Å². The largest absolute Gasteiger partial charge is 0.478 e. The topological polar surface area (TPSA) is 346 Å². The summed E-state index contributed by atoms with van der Waals surface area (Å²) in [6.45, 7) is 2.29. The van der Waals surface area contributed by atoms with Crippen molar-refractivity contribution in [1.29, 1.82) is 0 Å². The minimum atomic E-state index is -3.00. The predicted molar refractivity (Wildman–Crippen MR) is 279 cm³/mol. The summed E-state index contributed by atoms with van der Waals surface area (Å²) in [5.41, 5.74) is 13.2. The van der Waals surface area contributed by atoms with Gasteiger partial charge in [0.15, 0.2) is 24.3 Å². The maximum absolute atomic E-state index is 15.1. The van der Waals surface area contributed by atoms with Crippen LogP contribution in [0.2, 0.25) is 0 Å². The summed E-state index contributed by atoms with van der Waals surface area (Å²) in [6.07, 6.45) is 0.640. The molecular weight excluding hydrogens is 1040 g/mol. The van der Waals surface area contributed by atoms with Gasteiger partial charge in [-0.2, -0.15) is 0 Å². The average Bonchev–Trinajstić information content (AvgIpc) is 3.73. The normalized spacial score (nSPS) is 36.2. The molecule has 1 aliphatic carbocycles. The number of esters is 1. The van der Waals surface area contributed by atoms with Crippen molar-refractivity contribution >= 4 is 67.0 Å². The van der Waals surface area contributed by atoms with E-state index >= 15 is 4.79 Å². The molecule has 0 aromatic carbocycles. The number of aliphatic imine (C=N–C) groups is 2. The van der Waals surface area contributed by atoms with E-state index < -0.39 is 102 Å². The number of nitrogens with zero attached hydrogens (tertiary/aromatic N) is 3. The van der Waals surface area contributed by atoms with Crippen molar-refractivity contribution in [1.82, 2.24) is 15.5 Å². The van der Waals surface area contributed by atoms with Gasteiger partial charge in [-0.25, -0.2) is 9.59 Å². The van der Waals surface area contributed by atoms with E-state index in [0.717, 1.165) is 0 Å². The molecule has 14 atom stereocenters. The summed E-state index contributed by atoms with van der Waals surface area (Å²) < 4.78 is 30.3. The molecule has 22 nitrogen and oxygen atoms in total. The summed E-state index contributed by atoms with van der Waals surface area (Å²) in [5.74, 6) is 0.479. The van der Waals surface area contributed by atoms with Crippen LogP contribution in [0.15, 0.2) is 68.7 Å². The van der Waals surface area contributed by atoms with Crippen molar-refractivity contribution in [2.45, 2.75) is 117 Å². The number of carboxylic acid groups (broad SMARTS) is 1. The highest BCUT2D eigenvalue weighted by atomic mass is 33.1. The molecule has 408 valence electrons. The van der Waals surface area contributed by atoms with Crippen LogP contribution in [0.25, 0.3) is 0 Å². The first-order chi connectivity index (χ1) is 35.5. The van der Waals surface area contributed by atoms with Gasteiger partial charge in [0.05, 0.1) is 59.6 Å². The molecule has 7 aliphatic heterocycles. The number of rotatable bonds is 14. The second-order valence-corrected chi connectivity index (χ2v) is 24.8.